The first-order valence-electron chi connectivity index (χ1n) is 8.10. The first-order valence-corrected chi connectivity index (χ1v) is 8.98. The standard InChI is InChI=1S/C19H14F2N4OS/c20-13-5-4-11(7-14(13)21)15-10-27-19(24-15)17-16(26)9-25(18(17)22)8-12-3-1-2-6-23-12/h1-7,10,22,26H,8-9H2. The summed E-state index contributed by atoms with van der Waals surface area (Å²) in [5.41, 5.74) is 2.04. The second-order valence-corrected chi connectivity index (χ2v) is 6.87. The Balaban J connectivity index is 1.58. The Morgan fingerprint density at radius 1 is 1.19 bits per heavy atom. The Hall–Kier alpha value is -3.13. The number of aromatic nitrogens is 2. The number of thiazole rings is 1. The van der Waals surface area contributed by atoms with Crippen molar-refractivity contribution in [2.75, 3.05) is 6.54 Å². The van der Waals surface area contributed by atoms with Gasteiger partial charge in [0.2, 0.25) is 0 Å². The van der Waals surface area contributed by atoms with Gasteiger partial charge in [-0.2, -0.15) is 0 Å². The molecule has 4 rings (SSSR count). The molecule has 0 saturated heterocycles. The van der Waals surface area contributed by atoms with Gasteiger partial charge in [-0.3, -0.25) is 10.4 Å². The van der Waals surface area contributed by atoms with Gasteiger partial charge in [-0.1, -0.05) is 6.07 Å². The second kappa shape index (κ2) is 6.88. The van der Waals surface area contributed by atoms with Crippen molar-refractivity contribution in [2.24, 2.45) is 0 Å². The van der Waals surface area contributed by atoms with Crippen LogP contribution in [-0.2, 0) is 6.54 Å². The van der Waals surface area contributed by atoms with Crippen molar-refractivity contribution in [3.8, 4) is 11.3 Å². The molecule has 1 aromatic carbocycles. The summed E-state index contributed by atoms with van der Waals surface area (Å²) in [6.45, 7) is 0.597. The van der Waals surface area contributed by atoms with Crippen molar-refractivity contribution >= 4 is 22.7 Å². The molecule has 0 atom stereocenters. The second-order valence-electron chi connectivity index (χ2n) is 6.01. The van der Waals surface area contributed by atoms with Crippen LogP contribution < -0.4 is 0 Å². The maximum absolute atomic E-state index is 13.5. The lowest BCUT2D eigenvalue weighted by Gasteiger charge is -2.17. The minimum absolute atomic E-state index is 0.0575. The number of halogens is 2. The first kappa shape index (κ1) is 17.3. The molecule has 3 aromatic rings. The number of amidine groups is 1. The van der Waals surface area contributed by atoms with Gasteiger partial charge in [-0.25, -0.2) is 13.8 Å². The largest absolute Gasteiger partial charge is 0.510 e. The molecule has 0 radical (unpaired) electrons. The van der Waals surface area contributed by atoms with Crippen LogP contribution in [0.1, 0.15) is 10.7 Å². The van der Waals surface area contributed by atoms with Gasteiger partial charge in [0.25, 0.3) is 0 Å². The molecule has 0 aliphatic carbocycles. The Morgan fingerprint density at radius 3 is 2.78 bits per heavy atom. The molecule has 1 aliphatic heterocycles. The molecule has 5 nitrogen and oxygen atoms in total. The summed E-state index contributed by atoms with van der Waals surface area (Å²) >= 11 is 1.24. The normalized spacial score (nSPS) is 14.3. The molecule has 0 fully saturated rings. The van der Waals surface area contributed by atoms with Crippen molar-refractivity contribution in [3.05, 3.63) is 76.1 Å². The van der Waals surface area contributed by atoms with Gasteiger partial charge in [0.15, 0.2) is 11.6 Å². The molecule has 0 spiro atoms. The summed E-state index contributed by atoms with van der Waals surface area (Å²) in [4.78, 5) is 10.3. The highest BCUT2D eigenvalue weighted by molar-refractivity contribution is 7.11. The summed E-state index contributed by atoms with van der Waals surface area (Å²) in [5.74, 6) is -1.65. The van der Waals surface area contributed by atoms with Crippen molar-refractivity contribution in [1.82, 2.24) is 14.9 Å². The molecule has 27 heavy (non-hydrogen) atoms. The fourth-order valence-electron chi connectivity index (χ4n) is 2.86. The number of hydrogen-bond acceptors (Lipinski definition) is 5. The summed E-state index contributed by atoms with van der Waals surface area (Å²) < 4.78 is 26.6. The minimum atomic E-state index is -0.945. The molecular formula is C19H14F2N4OS. The average Bonchev–Trinajstić information content (AvgIpc) is 3.23. The lowest BCUT2D eigenvalue weighted by Crippen LogP contribution is -2.26. The monoisotopic (exact) mass is 384 g/mol. The van der Waals surface area contributed by atoms with Crippen molar-refractivity contribution in [1.29, 1.82) is 5.41 Å². The van der Waals surface area contributed by atoms with Crippen LogP contribution >= 0.6 is 11.3 Å². The molecule has 2 aromatic heterocycles. The third-order valence-corrected chi connectivity index (χ3v) is 5.05. The summed E-state index contributed by atoms with van der Waals surface area (Å²) in [5, 5.41) is 20.9. The smallest absolute Gasteiger partial charge is 0.159 e. The number of nitrogens with one attached hydrogen (secondary N) is 1. The van der Waals surface area contributed by atoms with Crippen LogP contribution in [0.4, 0.5) is 8.78 Å². The van der Waals surface area contributed by atoms with Gasteiger partial charge in [-0.05, 0) is 30.3 Å². The molecule has 1 aliphatic rings. The number of nitrogens with zero attached hydrogens (tertiary/aromatic N) is 3. The fraction of sp³-hybridized carbons (Fsp3) is 0.105. The fourth-order valence-corrected chi connectivity index (χ4v) is 3.75. The summed E-state index contributed by atoms with van der Waals surface area (Å²) in [6.07, 6.45) is 1.68. The minimum Gasteiger partial charge on any atom is -0.510 e. The quantitative estimate of drug-likeness (QED) is 0.706. The zero-order chi connectivity index (χ0) is 19.0. The van der Waals surface area contributed by atoms with Gasteiger partial charge in [0, 0.05) is 17.1 Å². The highest BCUT2D eigenvalue weighted by Gasteiger charge is 2.30. The van der Waals surface area contributed by atoms with E-state index in [-0.39, 0.29) is 18.1 Å². The molecule has 2 N–H and O–H groups in total. The van der Waals surface area contributed by atoms with E-state index in [1.165, 1.54) is 17.4 Å². The van der Waals surface area contributed by atoms with E-state index in [4.69, 9.17) is 5.41 Å². The van der Waals surface area contributed by atoms with Crippen LogP contribution in [0, 0.1) is 17.0 Å². The Morgan fingerprint density at radius 2 is 2.04 bits per heavy atom. The van der Waals surface area contributed by atoms with Crippen LogP contribution in [0.5, 0.6) is 0 Å². The van der Waals surface area contributed by atoms with Crippen LogP contribution in [0.15, 0.2) is 53.7 Å². The van der Waals surface area contributed by atoms with E-state index in [2.05, 4.69) is 9.97 Å². The van der Waals surface area contributed by atoms with E-state index < -0.39 is 11.6 Å². The van der Waals surface area contributed by atoms with Crippen LogP contribution in [-0.4, -0.2) is 32.4 Å². The molecular weight excluding hydrogens is 370 g/mol. The van der Waals surface area contributed by atoms with Gasteiger partial charge in [0.05, 0.1) is 30.1 Å². The molecule has 136 valence electrons. The third-order valence-electron chi connectivity index (χ3n) is 4.19. The molecule has 0 saturated carbocycles. The lowest BCUT2D eigenvalue weighted by atomic mass is 10.1. The maximum atomic E-state index is 13.5. The number of rotatable bonds is 4. The van der Waals surface area contributed by atoms with E-state index in [0.29, 0.717) is 28.4 Å². The lowest BCUT2D eigenvalue weighted by molar-refractivity contribution is 0.345. The van der Waals surface area contributed by atoms with E-state index in [1.807, 2.05) is 18.2 Å². The highest BCUT2D eigenvalue weighted by atomic mass is 32.1. The van der Waals surface area contributed by atoms with Crippen LogP contribution in [0.25, 0.3) is 16.8 Å². The van der Waals surface area contributed by atoms with Gasteiger partial charge >= 0.3 is 0 Å². The van der Waals surface area contributed by atoms with Crippen molar-refractivity contribution in [3.63, 3.8) is 0 Å². The average molecular weight is 384 g/mol. The molecule has 0 bridgehead atoms. The Labute approximate surface area is 157 Å². The van der Waals surface area contributed by atoms with Gasteiger partial charge < -0.3 is 10.0 Å². The molecule has 0 unspecified atom stereocenters. The molecule has 3 heterocycles. The topological polar surface area (TPSA) is 73.1 Å². The number of hydrogen-bond donors (Lipinski definition) is 2. The molecule has 0 amide bonds. The number of benzene rings is 1. The summed E-state index contributed by atoms with van der Waals surface area (Å²) in [6, 6.07) is 9.11. The Bertz CT molecular complexity index is 1050. The van der Waals surface area contributed by atoms with Crippen molar-refractivity contribution < 1.29 is 13.9 Å². The van der Waals surface area contributed by atoms with E-state index in [1.54, 1.807) is 16.5 Å². The predicted molar refractivity (Wildman–Crippen MR) is 99.4 cm³/mol. The van der Waals surface area contributed by atoms with Crippen LogP contribution in [0.3, 0.4) is 0 Å². The number of aliphatic hydroxyl groups is 1. The van der Waals surface area contributed by atoms with Gasteiger partial charge in [-0.15, -0.1) is 11.3 Å². The zero-order valence-electron chi connectivity index (χ0n) is 14.0. The Kier molecular flexibility index (Phi) is 4.41. The summed E-state index contributed by atoms with van der Waals surface area (Å²) in [7, 11) is 0. The van der Waals surface area contributed by atoms with E-state index >= 15 is 0 Å². The van der Waals surface area contributed by atoms with Crippen molar-refractivity contribution in [2.45, 2.75) is 6.54 Å². The SMILES string of the molecule is N=C1C(c2nc(-c3ccc(F)c(F)c3)cs2)=C(O)CN1Cc1ccccn1. The maximum Gasteiger partial charge on any atom is 0.159 e. The first-order chi connectivity index (χ1) is 13.0. The molecule has 8 heteroatoms. The zero-order valence-corrected chi connectivity index (χ0v) is 14.8. The van der Waals surface area contributed by atoms with Gasteiger partial charge in [0.1, 0.15) is 16.6 Å². The van der Waals surface area contributed by atoms with E-state index in [0.717, 1.165) is 17.8 Å². The third kappa shape index (κ3) is 3.31. The highest BCUT2D eigenvalue weighted by Crippen LogP contribution is 2.33. The van der Waals surface area contributed by atoms with Crippen LogP contribution in [0.2, 0.25) is 0 Å². The number of pyridine rings is 1. The number of aliphatic hydroxyl groups excluding tert-OH is 1. The predicted octanol–water partition coefficient (Wildman–Crippen LogP) is 4.25. The van der Waals surface area contributed by atoms with E-state index in [9.17, 15) is 13.9 Å².